The van der Waals surface area contributed by atoms with Crippen LogP contribution in [0.5, 0.6) is 0 Å². The summed E-state index contributed by atoms with van der Waals surface area (Å²) in [5, 5.41) is 4.02. The molecule has 1 unspecified atom stereocenters. The lowest BCUT2D eigenvalue weighted by Crippen LogP contribution is -2.53. The van der Waals surface area contributed by atoms with Crippen LogP contribution in [0.2, 0.25) is 0 Å². The highest BCUT2D eigenvalue weighted by Gasteiger charge is 2.38. The van der Waals surface area contributed by atoms with Gasteiger partial charge < -0.3 is 9.80 Å². The summed E-state index contributed by atoms with van der Waals surface area (Å²) in [5.74, 6) is 0.306. The molecule has 0 bridgehead atoms. The molecule has 0 radical (unpaired) electrons. The van der Waals surface area contributed by atoms with Gasteiger partial charge in [0.2, 0.25) is 11.8 Å². The van der Waals surface area contributed by atoms with E-state index in [0.29, 0.717) is 26.1 Å². The highest BCUT2D eigenvalue weighted by Crippen LogP contribution is 2.25. The van der Waals surface area contributed by atoms with E-state index in [0.717, 1.165) is 31.7 Å². The van der Waals surface area contributed by atoms with Gasteiger partial charge in [0.15, 0.2) is 0 Å². The first-order valence-electron chi connectivity index (χ1n) is 9.43. The lowest BCUT2D eigenvalue weighted by atomic mass is 10.1. The topological polar surface area (TPSA) is 74.6 Å². The van der Waals surface area contributed by atoms with Crippen LogP contribution in [0.15, 0.2) is 43.0 Å². The molecule has 3 heterocycles. The van der Waals surface area contributed by atoms with Crippen molar-refractivity contribution < 1.29 is 9.59 Å². The van der Waals surface area contributed by atoms with E-state index in [1.54, 1.807) is 11.0 Å². The van der Waals surface area contributed by atoms with E-state index in [2.05, 4.69) is 15.0 Å². The largest absolute Gasteiger partial charge is 0.340 e. The smallest absolute Gasteiger partial charge is 0.244 e. The molecule has 2 saturated heterocycles. The molecule has 2 fully saturated rings. The average Bonchev–Trinajstić information content (AvgIpc) is 3.37. The number of carbonyl (C=O) groups excluding carboxylic acids is 2. The first kappa shape index (κ1) is 17.7. The molecule has 2 aliphatic heterocycles. The molecule has 27 heavy (non-hydrogen) atoms. The van der Waals surface area contributed by atoms with Crippen LogP contribution in [0.3, 0.4) is 0 Å². The molecular formula is C19H24N6O2. The normalized spacial score (nSPS) is 21.0. The quantitative estimate of drug-likeness (QED) is 0.773. The zero-order valence-corrected chi connectivity index (χ0v) is 15.3. The molecule has 1 aromatic heterocycles. The minimum Gasteiger partial charge on any atom is -0.340 e. The van der Waals surface area contributed by atoms with Crippen molar-refractivity contribution in [3.8, 4) is 0 Å². The van der Waals surface area contributed by atoms with Gasteiger partial charge in [0, 0.05) is 44.8 Å². The molecule has 2 aliphatic rings. The number of aromatic nitrogens is 3. The van der Waals surface area contributed by atoms with Gasteiger partial charge >= 0.3 is 0 Å². The van der Waals surface area contributed by atoms with Crippen LogP contribution in [0, 0.1) is 0 Å². The van der Waals surface area contributed by atoms with Gasteiger partial charge in [-0.2, -0.15) is 5.10 Å². The molecule has 1 aromatic carbocycles. The first-order chi connectivity index (χ1) is 13.2. The van der Waals surface area contributed by atoms with E-state index >= 15 is 0 Å². The van der Waals surface area contributed by atoms with Gasteiger partial charge in [-0.25, -0.2) is 4.98 Å². The van der Waals surface area contributed by atoms with E-state index in [-0.39, 0.29) is 17.9 Å². The fourth-order valence-corrected chi connectivity index (χ4v) is 3.87. The number of hydrogen-bond donors (Lipinski definition) is 0. The van der Waals surface area contributed by atoms with Gasteiger partial charge in [-0.1, -0.05) is 18.2 Å². The van der Waals surface area contributed by atoms with Crippen molar-refractivity contribution in [1.82, 2.24) is 24.6 Å². The summed E-state index contributed by atoms with van der Waals surface area (Å²) in [5.41, 5.74) is 0.965. The number of aryl methyl sites for hydroxylation is 1. The van der Waals surface area contributed by atoms with Crippen LogP contribution >= 0.6 is 0 Å². The van der Waals surface area contributed by atoms with Crippen LogP contribution in [0.4, 0.5) is 5.69 Å². The minimum absolute atomic E-state index is 0.0717. The molecule has 8 heteroatoms. The Labute approximate surface area is 158 Å². The van der Waals surface area contributed by atoms with Gasteiger partial charge in [0.1, 0.15) is 12.7 Å². The average molecular weight is 368 g/mol. The van der Waals surface area contributed by atoms with Crippen LogP contribution in [0.25, 0.3) is 0 Å². The summed E-state index contributed by atoms with van der Waals surface area (Å²) in [6, 6.07) is 9.76. The molecule has 1 atom stereocenters. The van der Waals surface area contributed by atoms with Crippen molar-refractivity contribution in [3.05, 3.63) is 43.0 Å². The molecule has 0 aliphatic carbocycles. The SMILES string of the molecule is O=C(CCn1cncn1)N1CCN(C2CCN(c3ccccc3)C2=O)CC1. The standard InChI is InChI=1S/C19H24N6O2/c26-18(7-8-24-15-20-14-21-24)23-12-10-22(11-13-23)17-6-9-25(19(17)27)16-4-2-1-3-5-16/h1-5,14-15,17H,6-13H2. The third kappa shape index (κ3) is 3.85. The number of anilines is 1. The molecule has 2 amide bonds. The minimum atomic E-state index is -0.0717. The molecule has 0 N–H and O–H groups in total. The summed E-state index contributed by atoms with van der Waals surface area (Å²) in [7, 11) is 0. The zero-order chi connectivity index (χ0) is 18.6. The van der Waals surface area contributed by atoms with E-state index in [1.165, 1.54) is 6.33 Å². The van der Waals surface area contributed by atoms with E-state index in [9.17, 15) is 9.59 Å². The maximum Gasteiger partial charge on any atom is 0.244 e. The summed E-state index contributed by atoms with van der Waals surface area (Å²) < 4.78 is 1.67. The monoisotopic (exact) mass is 368 g/mol. The van der Waals surface area contributed by atoms with Gasteiger partial charge in [-0.3, -0.25) is 19.2 Å². The molecule has 8 nitrogen and oxygen atoms in total. The van der Waals surface area contributed by atoms with Gasteiger partial charge in [0.05, 0.1) is 12.6 Å². The van der Waals surface area contributed by atoms with Crippen LogP contribution < -0.4 is 4.90 Å². The molecule has 142 valence electrons. The number of rotatable bonds is 5. The summed E-state index contributed by atoms with van der Waals surface area (Å²) >= 11 is 0. The zero-order valence-electron chi connectivity index (χ0n) is 15.3. The Balaban J connectivity index is 1.28. The maximum absolute atomic E-state index is 12.8. The van der Waals surface area contributed by atoms with Crippen molar-refractivity contribution in [2.24, 2.45) is 0 Å². The van der Waals surface area contributed by atoms with Crippen molar-refractivity contribution in [3.63, 3.8) is 0 Å². The second-order valence-corrected chi connectivity index (χ2v) is 6.96. The van der Waals surface area contributed by atoms with Crippen molar-refractivity contribution in [1.29, 1.82) is 0 Å². The predicted octanol–water partition coefficient (Wildman–Crippen LogP) is 0.618. The Morgan fingerprint density at radius 1 is 1.07 bits per heavy atom. The Kier molecular flexibility index (Phi) is 5.15. The number of amides is 2. The number of benzene rings is 1. The summed E-state index contributed by atoms with van der Waals surface area (Å²) in [6.07, 6.45) is 4.36. The van der Waals surface area contributed by atoms with Crippen molar-refractivity contribution >= 4 is 17.5 Å². The van der Waals surface area contributed by atoms with Crippen LogP contribution in [-0.2, 0) is 16.1 Å². The second-order valence-electron chi connectivity index (χ2n) is 6.96. The predicted molar refractivity (Wildman–Crippen MR) is 100.0 cm³/mol. The Morgan fingerprint density at radius 2 is 1.85 bits per heavy atom. The summed E-state index contributed by atoms with van der Waals surface area (Å²) in [4.78, 5) is 35.1. The van der Waals surface area contributed by atoms with E-state index in [4.69, 9.17) is 0 Å². The Bertz CT molecular complexity index is 771. The lowest BCUT2D eigenvalue weighted by molar-refractivity contribution is -0.134. The number of hydrogen-bond acceptors (Lipinski definition) is 5. The molecule has 0 spiro atoms. The number of nitrogens with zero attached hydrogens (tertiary/aromatic N) is 6. The highest BCUT2D eigenvalue weighted by atomic mass is 16.2. The highest BCUT2D eigenvalue weighted by molar-refractivity contribution is 5.99. The second kappa shape index (κ2) is 7.87. The van der Waals surface area contributed by atoms with Gasteiger partial charge in [-0.05, 0) is 18.6 Å². The van der Waals surface area contributed by atoms with Gasteiger partial charge in [0.25, 0.3) is 0 Å². The third-order valence-corrected chi connectivity index (χ3v) is 5.37. The number of carbonyl (C=O) groups is 2. The molecular weight excluding hydrogens is 344 g/mol. The lowest BCUT2D eigenvalue weighted by Gasteiger charge is -2.37. The number of para-hydroxylation sites is 1. The van der Waals surface area contributed by atoms with Crippen molar-refractivity contribution in [2.45, 2.75) is 25.4 Å². The van der Waals surface area contributed by atoms with Crippen molar-refractivity contribution in [2.75, 3.05) is 37.6 Å². The first-order valence-corrected chi connectivity index (χ1v) is 9.43. The fraction of sp³-hybridized carbons (Fsp3) is 0.474. The third-order valence-electron chi connectivity index (χ3n) is 5.37. The van der Waals surface area contributed by atoms with E-state index < -0.39 is 0 Å². The van der Waals surface area contributed by atoms with E-state index in [1.807, 2.05) is 40.1 Å². The Hall–Kier alpha value is -2.74. The number of piperazine rings is 1. The maximum atomic E-state index is 12.8. The van der Waals surface area contributed by atoms with Crippen LogP contribution in [-0.4, -0.2) is 75.1 Å². The molecule has 4 rings (SSSR count). The molecule has 0 saturated carbocycles. The summed E-state index contributed by atoms with van der Waals surface area (Å²) in [6.45, 7) is 4.13. The van der Waals surface area contributed by atoms with Crippen LogP contribution in [0.1, 0.15) is 12.8 Å². The fourth-order valence-electron chi connectivity index (χ4n) is 3.87. The Morgan fingerprint density at radius 3 is 2.56 bits per heavy atom. The molecule has 2 aromatic rings. The van der Waals surface area contributed by atoms with Gasteiger partial charge in [-0.15, -0.1) is 0 Å².